The van der Waals surface area contributed by atoms with E-state index in [1.54, 1.807) is 17.9 Å². The molecule has 2 aromatic heterocycles. The second-order valence-electron chi connectivity index (χ2n) is 6.18. The lowest BCUT2D eigenvalue weighted by Crippen LogP contribution is -2.23. The van der Waals surface area contributed by atoms with E-state index >= 15 is 0 Å². The Morgan fingerprint density at radius 2 is 2.19 bits per heavy atom. The summed E-state index contributed by atoms with van der Waals surface area (Å²) < 4.78 is 5.02. The molecule has 0 radical (unpaired) electrons. The van der Waals surface area contributed by atoms with Crippen LogP contribution in [0.3, 0.4) is 0 Å². The van der Waals surface area contributed by atoms with Crippen molar-refractivity contribution in [2.75, 3.05) is 16.8 Å². The van der Waals surface area contributed by atoms with Crippen LogP contribution >= 0.6 is 11.3 Å². The Bertz CT molecular complexity index is 996. The predicted octanol–water partition coefficient (Wildman–Crippen LogP) is 2.81. The summed E-state index contributed by atoms with van der Waals surface area (Å²) in [4.78, 5) is 34.6. The van der Waals surface area contributed by atoms with Crippen LogP contribution in [0.15, 0.2) is 34.2 Å². The number of aromatic nitrogens is 3. The van der Waals surface area contributed by atoms with Gasteiger partial charge in [-0.1, -0.05) is 17.3 Å². The molecule has 2 amide bonds. The lowest BCUT2D eigenvalue weighted by Gasteiger charge is -2.10. The van der Waals surface area contributed by atoms with Crippen LogP contribution in [0.2, 0.25) is 0 Å². The Labute approximate surface area is 159 Å². The summed E-state index contributed by atoms with van der Waals surface area (Å²) in [5.74, 6) is 0.765. The zero-order valence-corrected chi connectivity index (χ0v) is 15.5. The van der Waals surface area contributed by atoms with Gasteiger partial charge in [0, 0.05) is 30.8 Å². The smallest absolute Gasteiger partial charge is 0.230 e. The van der Waals surface area contributed by atoms with Gasteiger partial charge in [0.1, 0.15) is 0 Å². The van der Waals surface area contributed by atoms with E-state index in [2.05, 4.69) is 20.4 Å². The molecule has 27 heavy (non-hydrogen) atoms. The minimum absolute atomic E-state index is 0.0877. The van der Waals surface area contributed by atoms with Crippen molar-refractivity contribution >= 4 is 34.0 Å². The molecule has 0 saturated carbocycles. The number of carbonyl (C=O) groups is 2. The van der Waals surface area contributed by atoms with Crippen molar-refractivity contribution in [3.8, 4) is 11.4 Å². The molecule has 1 fully saturated rings. The average Bonchev–Trinajstić information content (AvgIpc) is 3.37. The van der Waals surface area contributed by atoms with Crippen molar-refractivity contribution in [1.29, 1.82) is 0 Å². The number of aryl methyl sites for hydroxylation is 1. The van der Waals surface area contributed by atoms with Crippen LogP contribution in [-0.4, -0.2) is 33.5 Å². The Hall–Kier alpha value is -3.07. The highest BCUT2D eigenvalue weighted by Crippen LogP contribution is 2.27. The number of amides is 2. The van der Waals surface area contributed by atoms with E-state index in [0.29, 0.717) is 46.8 Å². The Balaban J connectivity index is 1.46. The first-order chi connectivity index (χ1) is 13.1. The molecule has 1 N–H and O–H groups in total. The maximum Gasteiger partial charge on any atom is 0.230 e. The highest BCUT2D eigenvalue weighted by molar-refractivity contribution is 7.14. The first-order valence-electron chi connectivity index (χ1n) is 8.54. The van der Waals surface area contributed by atoms with Gasteiger partial charge in [0.25, 0.3) is 0 Å². The van der Waals surface area contributed by atoms with Crippen molar-refractivity contribution in [3.63, 3.8) is 0 Å². The normalized spacial score (nSPS) is 14.0. The van der Waals surface area contributed by atoms with Crippen LogP contribution in [-0.2, 0) is 16.0 Å². The predicted molar refractivity (Wildman–Crippen MR) is 101 cm³/mol. The third-order valence-electron chi connectivity index (χ3n) is 4.16. The first-order valence-corrected chi connectivity index (χ1v) is 9.42. The molecule has 3 aromatic rings. The first kappa shape index (κ1) is 17.3. The number of carbonyl (C=O) groups excluding carboxylic acids is 2. The van der Waals surface area contributed by atoms with Gasteiger partial charge < -0.3 is 9.84 Å². The largest absolute Gasteiger partial charge is 0.339 e. The number of nitrogens with zero attached hydrogens (tertiary/aromatic N) is 4. The summed E-state index contributed by atoms with van der Waals surface area (Å²) in [5.41, 5.74) is 1.93. The standard InChI is InChI=1S/C18H17N5O3S/c1-11-19-17(22-26-11)13-5-2-3-6-14(13)21-15(24)9-12-10-27-18(20-12)23-8-4-7-16(23)25/h2-3,5-6,10H,4,7-9H2,1H3,(H,21,24). The van der Waals surface area contributed by atoms with Crippen LogP contribution in [0.5, 0.6) is 0 Å². The molecule has 1 aromatic carbocycles. The molecule has 3 heterocycles. The lowest BCUT2D eigenvalue weighted by molar-refractivity contribution is -0.117. The van der Waals surface area contributed by atoms with Crippen molar-refractivity contribution in [2.45, 2.75) is 26.2 Å². The van der Waals surface area contributed by atoms with Crippen LogP contribution in [0.25, 0.3) is 11.4 Å². The van der Waals surface area contributed by atoms with Crippen LogP contribution in [0.4, 0.5) is 10.8 Å². The van der Waals surface area contributed by atoms with E-state index in [4.69, 9.17) is 4.52 Å². The third-order valence-corrected chi connectivity index (χ3v) is 5.07. The zero-order valence-electron chi connectivity index (χ0n) is 14.6. The second kappa shape index (κ2) is 7.28. The van der Waals surface area contributed by atoms with Gasteiger partial charge in [0.05, 0.1) is 17.8 Å². The molecular formula is C18H17N5O3S. The van der Waals surface area contributed by atoms with Gasteiger partial charge in [-0.05, 0) is 18.6 Å². The molecule has 8 nitrogen and oxygen atoms in total. The number of hydrogen-bond acceptors (Lipinski definition) is 7. The quantitative estimate of drug-likeness (QED) is 0.727. The molecule has 4 rings (SSSR count). The van der Waals surface area contributed by atoms with Gasteiger partial charge in [-0.3, -0.25) is 14.5 Å². The number of hydrogen-bond donors (Lipinski definition) is 1. The Morgan fingerprint density at radius 3 is 2.93 bits per heavy atom. The van der Waals surface area contributed by atoms with E-state index in [1.807, 2.05) is 23.6 Å². The summed E-state index contributed by atoms with van der Waals surface area (Å²) in [5, 5.41) is 9.25. The van der Waals surface area contributed by atoms with E-state index in [1.165, 1.54) is 11.3 Å². The van der Waals surface area contributed by atoms with Gasteiger partial charge in [0.2, 0.25) is 23.5 Å². The molecule has 0 aliphatic carbocycles. The van der Waals surface area contributed by atoms with Crippen LogP contribution < -0.4 is 10.2 Å². The average molecular weight is 383 g/mol. The fourth-order valence-corrected chi connectivity index (χ4v) is 3.77. The summed E-state index contributed by atoms with van der Waals surface area (Å²) >= 11 is 1.38. The summed E-state index contributed by atoms with van der Waals surface area (Å²) in [6.07, 6.45) is 1.53. The zero-order chi connectivity index (χ0) is 18.8. The van der Waals surface area contributed by atoms with Crippen molar-refractivity contribution in [2.24, 2.45) is 0 Å². The molecule has 0 bridgehead atoms. The third kappa shape index (κ3) is 3.72. The van der Waals surface area contributed by atoms with Gasteiger partial charge >= 0.3 is 0 Å². The van der Waals surface area contributed by atoms with Crippen LogP contribution in [0, 0.1) is 6.92 Å². The number of thiazole rings is 1. The van der Waals surface area contributed by atoms with Crippen LogP contribution in [0.1, 0.15) is 24.4 Å². The van der Waals surface area contributed by atoms with E-state index < -0.39 is 0 Å². The fourth-order valence-electron chi connectivity index (χ4n) is 2.91. The summed E-state index contributed by atoms with van der Waals surface area (Å²) in [6.45, 7) is 2.40. The van der Waals surface area contributed by atoms with Crippen molar-refractivity contribution < 1.29 is 14.1 Å². The van der Waals surface area contributed by atoms with Crippen molar-refractivity contribution in [1.82, 2.24) is 15.1 Å². The maximum absolute atomic E-state index is 12.5. The molecule has 0 atom stereocenters. The van der Waals surface area contributed by atoms with E-state index in [9.17, 15) is 9.59 Å². The minimum atomic E-state index is -0.202. The fraction of sp³-hybridized carbons (Fsp3) is 0.278. The Kier molecular flexibility index (Phi) is 4.68. The van der Waals surface area contributed by atoms with E-state index in [0.717, 1.165) is 6.42 Å². The van der Waals surface area contributed by atoms with E-state index in [-0.39, 0.29) is 18.2 Å². The molecule has 1 saturated heterocycles. The summed E-state index contributed by atoms with van der Waals surface area (Å²) in [7, 11) is 0. The highest BCUT2D eigenvalue weighted by Gasteiger charge is 2.24. The number of para-hydroxylation sites is 1. The van der Waals surface area contributed by atoms with Gasteiger partial charge in [-0.2, -0.15) is 4.98 Å². The number of anilines is 2. The van der Waals surface area contributed by atoms with Gasteiger partial charge in [-0.25, -0.2) is 4.98 Å². The monoisotopic (exact) mass is 383 g/mol. The number of rotatable bonds is 5. The lowest BCUT2D eigenvalue weighted by atomic mass is 10.1. The molecule has 0 unspecified atom stereocenters. The summed E-state index contributed by atoms with van der Waals surface area (Å²) in [6, 6.07) is 7.27. The molecule has 1 aliphatic heterocycles. The van der Waals surface area contributed by atoms with Gasteiger partial charge in [0.15, 0.2) is 5.13 Å². The second-order valence-corrected chi connectivity index (χ2v) is 7.01. The molecule has 1 aliphatic rings. The Morgan fingerprint density at radius 1 is 1.33 bits per heavy atom. The topological polar surface area (TPSA) is 101 Å². The highest BCUT2D eigenvalue weighted by atomic mass is 32.1. The van der Waals surface area contributed by atoms with Crippen molar-refractivity contribution in [3.05, 3.63) is 41.2 Å². The molecule has 138 valence electrons. The van der Waals surface area contributed by atoms with Gasteiger partial charge in [-0.15, -0.1) is 11.3 Å². The maximum atomic E-state index is 12.5. The SMILES string of the molecule is Cc1nc(-c2ccccc2NC(=O)Cc2csc(N3CCCC3=O)n2)no1. The molecular weight excluding hydrogens is 366 g/mol. The minimum Gasteiger partial charge on any atom is -0.339 e. The number of benzene rings is 1. The molecule has 0 spiro atoms. The molecule has 9 heteroatoms. The number of nitrogens with one attached hydrogen (secondary N) is 1.